The van der Waals surface area contributed by atoms with Gasteiger partial charge in [0.25, 0.3) is 5.91 Å². The van der Waals surface area contributed by atoms with Crippen LogP contribution in [0.1, 0.15) is 21.7 Å². The average molecular weight is 419 g/mol. The van der Waals surface area contributed by atoms with Gasteiger partial charge in [0.1, 0.15) is 5.82 Å². The molecule has 31 heavy (non-hydrogen) atoms. The molecule has 1 N–H and O–H groups in total. The van der Waals surface area contributed by atoms with Crippen LogP contribution in [0, 0.1) is 6.92 Å². The molecule has 3 heterocycles. The first kappa shape index (κ1) is 20.7. The highest BCUT2D eigenvalue weighted by Crippen LogP contribution is 2.13. The Hall–Kier alpha value is -3.52. The summed E-state index contributed by atoms with van der Waals surface area (Å²) in [6, 6.07) is 14.8. The van der Waals surface area contributed by atoms with Crippen molar-refractivity contribution in [3.05, 3.63) is 81.9 Å². The van der Waals surface area contributed by atoms with Gasteiger partial charge in [-0.2, -0.15) is 5.10 Å². The average Bonchev–Trinajstić information content (AvgIpc) is 2.79. The van der Waals surface area contributed by atoms with E-state index >= 15 is 0 Å². The Morgan fingerprint density at radius 2 is 1.81 bits per heavy atom. The Morgan fingerprint density at radius 3 is 2.48 bits per heavy atom. The number of benzene rings is 1. The summed E-state index contributed by atoms with van der Waals surface area (Å²) in [7, 11) is 2.12. The largest absolute Gasteiger partial charge is 0.354 e. The summed E-state index contributed by atoms with van der Waals surface area (Å²) in [5.74, 6) is 0.437. The van der Waals surface area contributed by atoms with Crippen molar-refractivity contribution in [2.75, 3.05) is 38.1 Å². The number of carbonyl (C=O) groups excluding carboxylic acids is 1. The number of anilines is 1. The van der Waals surface area contributed by atoms with Gasteiger partial charge in [-0.25, -0.2) is 9.67 Å². The molecular formula is C23H26N6O2. The number of pyridine rings is 1. The highest BCUT2D eigenvalue weighted by molar-refractivity contribution is 5.92. The molecule has 8 heteroatoms. The number of amides is 1. The van der Waals surface area contributed by atoms with Crippen molar-refractivity contribution < 1.29 is 4.79 Å². The highest BCUT2D eigenvalue weighted by Gasteiger charge is 2.17. The smallest absolute Gasteiger partial charge is 0.276 e. The van der Waals surface area contributed by atoms with E-state index in [1.165, 1.54) is 6.07 Å². The first-order valence-electron chi connectivity index (χ1n) is 10.3. The Bertz CT molecular complexity index is 1100. The zero-order valence-corrected chi connectivity index (χ0v) is 17.8. The summed E-state index contributed by atoms with van der Waals surface area (Å²) >= 11 is 0. The lowest BCUT2D eigenvalue weighted by atomic mass is 10.2. The Labute approximate surface area is 181 Å². The van der Waals surface area contributed by atoms with E-state index in [4.69, 9.17) is 0 Å². The number of aromatic nitrogens is 3. The zero-order valence-electron chi connectivity index (χ0n) is 17.8. The van der Waals surface area contributed by atoms with E-state index in [9.17, 15) is 9.59 Å². The Morgan fingerprint density at radius 1 is 1.06 bits per heavy atom. The van der Waals surface area contributed by atoms with E-state index in [0.717, 1.165) is 43.2 Å². The van der Waals surface area contributed by atoms with Crippen LogP contribution in [-0.2, 0) is 6.54 Å². The molecule has 1 aliphatic heterocycles. The number of likely N-dealkylation sites (N-methyl/N-ethyl adjacent to an activating group) is 1. The number of carbonyl (C=O) groups is 1. The van der Waals surface area contributed by atoms with E-state index in [1.54, 1.807) is 17.8 Å². The lowest BCUT2D eigenvalue weighted by molar-refractivity contribution is 0.0943. The van der Waals surface area contributed by atoms with Gasteiger partial charge in [-0.05, 0) is 37.7 Å². The standard InChI is InChI=1S/C23H26N6O2/c1-17-14-20(30)22(26-29(17)19-6-4-3-5-7-19)23(31)25-16-18-8-9-21(24-15-18)28-12-10-27(2)11-13-28/h3-9,14-15H,10-13,16H2,1-2H3,(H,25,31). The number of piperazine rings is 1. The van der Waals surface area contributed by atoms with Gasteiger partial charge in [0, 0.05) is 50.7 Å². The van der Waals surface area contributed by atoms with Crippen molar-refractivity contribution in [3.63, 3.8) is 0 Å². The molecule has 2 aromatic heterocycles. The van der Waals surface area contributed by atoms with Crippen LogP contribution >= 0.6 is 0 Å². The quantitative estimate of drug-likeness (QED) is 0.678. The lowest BCUT2D eigenvalue weighted by Crippen LogP contribution is -2.44. The summed E-state index contributed by atoms with van der Waals surface area (Å²) in [4.78, 5) is 34.1. The molecule has 8 nitrogen and oxygen atoms in total. The predicted molar refractivity (Wildman–Crippen MR) is 120 cm³/mol. The second-order valence-corrected chi connectivity index (χ2v) is 7.74. The van der Waals surface area contributed by atoms with Crippen LogP contribution in [-0.4, -0.2) is 58.8 Å². The first-order valence-corrected chi connectivity index (χ1v) is 10.3. The van der Waals surface area contributed by atoms with Crippen LogP contribution in [0.5, 0.6) is 0 Å². The number of hydrogen-bond donors (Lipinski definition) is 1. The first-order chi connectivity index (χ1) is 15.0. The number of hydrogen-bond acceptors (Lipinski definition) is 6. The molecule has 1 amide bonds. The van der Waals surface area contributed by atoms with Gasteiger partial charge in [-0.15, -0.1) is 0 Å². The van der Waals surface area contributed by atoms with Crippen LogP contribution in [0.4, 0.5) is 5.82 Å². The Kier molecular flexibility index (Phi) is 6.08. The summed E-state index contributed by atoms with van der Waals surface area (Å²) < 4.78 is 1.60. The van der Waals surface area contributed by atoms with Gasteiger partial charge in [-0.1, -0.05) is 24.3 Å². The fourth-order valence-corrected chi connectivity index (χ4v) is 3.55. The van der Waals surface area contributed by atoms with Gasteiger partial charge in [-0.3, -0.25) is 9.59 Å². The normalized spacial score (nSPS) is 14.5. The van der Waals surface area contributed by atoms with Gasteiger partial charge in [0.05, 0.1) is 5.69 Å². The fraction of sp³-hybridized carbons (Fsp3) is 0.304. The maximum Gasteiger partial charge on any atom is 0.276 e. The molecular weight excluding hydrogens is 392 g/mol. The van der Waals surface area contributed by atoms with Crippen LogP contribution in [0.3, 0.4) is 0 Å². The SMILES string of the molecule is Cc1cc(=O)c(C(=O)NCc2ccc(N3CCN(C)CC3)nc2)nn1-c1ccccc1. The molecule has 1 saturated heterocycles. The zero-order chi connectivity index (χ0) is 21.8. The van der Waals surface area contributed by atoms with Crippen molar-refractivity contribution in [3.8, 4) is 5.69 Å². The predicted octanol–water partition coefficient (Wildman–Crippen LogP) is 1.62. The van der Waals surface area contributed by atoms with Gasteiger partial charge >= 0.3 is 0 Å². The van der Waals surface area contributed by atoms with Crippen LogP contribution in [0.2, 0.25) is 0 Å². The molecule has 3 aromatic rings. The van der Waals surface area contributed by atoms with E-state index in [2.05, 4.69) is 32.2 Å². The number of nitrogens with one attached hydrogen (secondary N) is 1. The maximum atomic E-state index is 12.7. The van der Waals surface area contributed by atoms with E-state index in [0.29, 0.717) is 5.69 Å². The number of aryl methyl sites for hydroxylation is 1. The fourth-order valence-electron chi connectivity index (χ4n) is 3.55. The maximum absolute atomic E-state index is 12.7. The van der Waals surface area contributed by atoms with Crippen LogP contribution in [0.15, 0.2) is 59.5 Å². The summed E-state index contributed by atoms with van der Waals surface area (Å²) in [5, 5.41) is 7.09. The van der Waals surface area contributed by atoms with Crippen LogP contribution in [0.25, 0.3) is 5.69 Å². The van der Waals surface area contributed by atoms with Crippen LogP contribution < -0.4 is 15.6 Å². The third kappa shape index (κ3) is 4.80. The molecule has 160 valence electrons. The number of nitrogens with zero attached hydrogens (tertiary/aromatic N) is 5. The van der Waals surface area contributed by atoms with Crippen molar-refractivity contribution >= 4 is 11.7 Å². The van der Waals surface area contributed by atoms with Crippen molar-refractivity contribution in [2.45, 2.75) is 13.5 Å². The third-order valence-electron chi connectivity index (χ3n) is 5.41. The minimum absolute atomic E-state index is 0.128. The molecule has 4 rings (SSSR count). The summed E-state index contributed by atoms with van der Waals surface area (Å²) in [5.41, 5.74) is 1.79. The monoisotopic (exact) mass is 418 g/mol. The summed E-state index contributed by atoms with van der Waals surface area (Å²) in [6.45, 7) is 6.00. The molecule has 1 aromatic carbocycles. The number of para-hydroxylation sites is 1. The third-order valence-corrected chi connectivity index (χ3v) is 5.41. The van der Waals surface area contributed by atoms with Crippen molar-refractivity contribution in [1.82, 2.24) is 25.0 Å². The lowest BCUT2D eigenvalue weighted by Gasteiger charge is -2.33. The molecule has 0 bridgehead atoms. The highest BCUT2D eigenvalue weighted by atomic mass is 16.2. The molecule has 1 fully saturated rings. The van der Waals surface area contributed by atoms with Gasteiger partial charge in [0.2, 0.25) is 5.43 Å². The van der Waals surface area contributed by atoms with E-state index in [-0.39, 0.29) is 12.2 Å². The Balaban J connectivity index is 1.44. The second kappa shape index (κ2) is 9.09. The van der Waals surface area contributed by atoms with E-state index in [1.807, 2.05) is 42.5 Å². The molecule has 0 unspecified atom stereocenters. The van der Waals surface area contributed by atoms with Gasteiger partial charge < -0.3 is 15.1 Å². The summed E-state index contributed by atoms with van der Waals surface area (Å²) in [6.07, 6.45) is 1.76. The molecule has 1 aliphatic rings. The van der Waals surface area contributed by atoms with E-state index < -0.39 is 11.3 Å². The minimum Gasteiger partial charge on any atom is -0.354 e. The minimum atomic E-state index is -0.502. The molecule has 0 radical (unpaired) electrons. The molecule has 0 spiro atoms. The van der Waals surface area contributed by atoms with Crippen molar-refractivity contribution in [1.29, 1.82) is 0 Å². The van der Waals surface area contributed by atoms with Gasteiger partial charge in [0.15, 0.2) is 5.69 Å². The van der Waals surface area contributed by atoms with Crippen molar-refractivity contribution in [2.24, 2.45) is 0 Å². The molecule has 0 saturated carbocycles. The number of rotatable bonds is 5. The second-order valence-electron chi connectivity index (χ2n) is 7.74. The molecule has 0 atom stereocenters. The molecule has 0 aliphatic carbocycles. The topological polar surface area (TPSA) is 83.4 Å².